The van der Waals surface area contributed by atoms with E-state index >= 15 is 0 Å². The molecule has 0 aliphatic carbocycles. The fourth-order valence-corrected chi connectivity index (χ4v) is 2.58. The summed E-state index contributed by atoms with van der Waals surface area (Å²) in [6, 6.07) is 1.03. The first kappa shape index (κ1) is 16.5. The molecular weight excluding hydrogens is 331 g/mol. The van der Waals surface area contributed by atoms with Gasteiger partial charge in [0.25, 0.3) is 0 Å². The Morgan fingerprint density at radius 1 is 1.50 bits per heavy atom. The van der Waals surface area contributed by atoms with Crippen molar-refractivity contribution >= 4 is 40.9 Å². The lowest BCUT2D eigenvalue weighted by atomic mass is 10.2. The minimum atomic E-state index is -0.514. The van der Waals surface area contributed by atoms with Gasteiger partial charge < -0.3 is 15.2 Å². The van der Waals surface area contributed by atoms with Crippen LogP contribution < -0.4 is 25.4 Å². The van der Waals surface area contributed by atoms with Gasteiger partial charge in [-0.15, -0.1) is 0 Å². The summed E-state index contributed by atoms with van der Waals surface area (Å²) >= 11 is 12.4. The second-order valence-corrected chi connectivity index (χ2v) is 5.30. The molecule has 0 unspecified atom stereocenters. The minimum Gasteiger partial charge on any atom is -0.453 e. The molecule has 0 fully saturated rings. The van der Waals surface area contributed by atoms with Crippen molar-refractivity contribution in [2.24, 2.45) is 10.7 Å². The molecule has 0 saturated carbocycles. The number of carbonyl (C=O) groups is 1. The first-order valence-electron chi connectivity index (χ1n) is 6.58. The molecule has 2 rings (SSSR count). The molecular formula is C13H16Cl2N4O3. The first-order valence-corrected chi connectivity index (χ1v) is 7.33. The average molecular weight is 347 g/mol. The van der Waals surface area contributed by atoms with Gasteiger partial charge in [0.15, 0.2) is 17.5 Å². The van der Waals surface area contributed by atoms with Crippen LogP contribution in [-0.4, -0.2) is 32.4 Å². The average Bonchev–Trinajstić information content (AvgIpc) is 2.93. The van der Waals surface area contributed by atoms with Gasteiger partial charge >= 0.3 is 6.03 Å². The Bertz CT molecular complexity index is 622. The number of urea groups is 1. The van der Waals surface area contributed by atoms with Crippen molar-refractivity contribution < 1.29 is 14.3 Å². The van der Waals surface area contributed by atoms with Crippen LogP contribution in [0.5, 0.6) is 11.5 Å². The van der Waals surface area contributed by atoms with Crippen molar-refractivity contribution in [1.29, 1.82) is 0 Å². The summed E-state index contributed by atoms with van der Waals surface area (Å²) in [6.45, 7) is 2.54. The third-order valence-corrected chi connectivity index (χ3v) is 3.55. The zero-order valence-electron chi connectivity index (χ0n) is 12.2. The van der Waals surface area contributed by atoms with E-state index in [0.717, 1.165) is 6.42 Å². The van der Waals surface area contributed by atoms with Gasteiger partial charge in [0.05, 0.1) is 10.7 Å². The third-order valence-electron chi connectivity index (χ3n) is 2.91. The van der Waals surface area contributed by atoms with Crippen LogP contribution in [0.3, 0.4) is 0 Å². The first-order chi connectivity index (χ1) is 10.5. The van der Waals surface area contributed by atoms with E-state index in [4.69, 9.17) is 38.4 Å². The molecule has 3 N–H and O–H groups in total. The summed E-state index contributed by atoms with van der Waals surface area (Å²) in [5, 5.41) is 2.92. The van der Waals surface area contributed by atoms with Crippen LogP contribution in [-0.2, 0) is 0 Å². The highest BCUT2D eigenvalue weighted by atomic mass is 35.5. The topological polar surface area (TPSA) is 89.2 Å². The molecule has 1 aromatic carbocycles. The summed E-state index contributed by atoms with van der Waals surface area (Å²) in [5.41, 5.74) is 5.92. The van der Waals surface area contributed by atoms with Gasteiger partial charge in [-0.2, -0.15) is 0 Å². The van der Waals surface area contributed by atoms with E-state index in [2.05, 4.69) is 10.3 Å². The molecule has 0 spiro atoms. The Balaban J connectivity index is 2.23. The molecule has 0 radical (unpaired) electrons. The number of nitrogens with one attached hydrogen (secondary N) is 1. The Morgan fingerprint density at radius 3 is 2.91 bits per heavy atom. The Kier molecular flexibility index (Phi) is 5.20. The van der Waals surface area contributed by atoms with E-state index < -0.39 is 6.03 Å². The van der Waals surface area contributed by atoms with E-state index in [0.29, 0.717) is 23.7 Å². The van der Waals surface area contributed by atoms with E-state index in [1.807, 2.05) is 6.92 Å². The maximum absolute atomic E-state index is 12.2. The smallest absolute Gasteiger partial charge is 0.328 e. The second kappa shape index (κ2) is 6.93. The summed E-state index contributed by atoms with van der Waals surface area (Å²) in [6.07, 6.45) is 0.826. The number of aliphatic imine (C=N–C) groups is 1. The Hall–Kier alpha value is -1.86. The number of fused-ring (bicyclic) bond motifs is 1. The number of nitrogens with two attached hydrogens (primary N) is 1. The summed E-state index contributed by atoms with van der Waals surface area (Å²) in [7, 11) is 1.51. The van der Waals surface area contributed by atoms with E-state index in [-0.39, 0.29) is 22.8 Å². The van der Waals surface area contributed by atoms with Gasteiger partial charge in [0.2, 0.25) is 6.79 Å². The predicted molar refractivity (Wildman–Crippen MR) is 86.3 cm³/mol. The lowest BCUT2D eigenvalue weighted by molar-refractivity contribution is 0.174. The van der Waals surface area contributed by atoms with Gasteiger partial charge in [-0.05, 0) is 6.42 Å². The van der Waals surface area contributed by atoms with E-state index in [1.165, 1.54) is 11.9 Å². The molecule has 1 aromatic rings. The largest absolute Gasteiger partial charge is 0.453 e. The number of halogens is 2. The highest BCUT2D eigenvalue weighted by Gasteiger charge is 2.27. The Morgan fingerprint density at radius 2 is 2.23 bits per heavy atom. The summed E-state index contributed by atoms with van der Waals surface area (Å²) in [5.74, 6) is 0.830. The maximum atomic E-state index is 12.2. The number of hydrogen-bond acceptors (Lipinski definition) is 4. The molecule has 0 aromatic heterocycles. The van der Waals surface area contributed by atoms with Crippen LogP contribution in [0.4, 0.5) is 10.5 Å². The molecule has 0 saturated heterocycles. The zero-order valence-corrected chi connectivity index (χ0v) is 13.7. The standard InChI is InChI=1S/C13H16Cl2N4O3/c1-3-4-17-12(16)18-13(20)19(2)10-7(14)5-8-11(9(10)15)22-6-21-8/h5H,3-4,6H2,1-2H3,(H3,16,17,18,20). The number of rotatable bonds is 3. The normalized spacial score (nSPS) is 13.2. The molecule has 120 valence electrons. The molecule has 22 heavy (non-hydrogen) atoms. The summed E-state index contributed by atoms with van der Waals surface area (Å²) < 4.78 is 10.5. The van der Waals surface area contributed by atoms with Gasteiger partial charge in [0.1, 0.15) is 5.02 Å². The molecule has 7 nitrogen and oxygen atoms in total. The van der Waals surface area contributed by atoms with Crippen molar-refractivity contribution in [2.75, 3.05) is 25.3 Å². The van der Waals surface area contributed by atoms with Gasteiger partial charge in [-0.3, -0.25) is 15.2 Å². The fourth-order valence-electron chi connectivity index (χ4n) is 1.84. The van der Waals surface area contributed by atoms with Crippen molar-refractivity contribution in [3.63, 3.8) is 0 Å². The van der Waals surface area contributed by atoms with E-state index in [9.17, 15) is 4.79 Å². The van der Waals surface area contributed by atoms with Crippen molar-refractivity contribution in [3.05, 3.63) is 16.1 Å². The summed E-state index contributed by atoms with van der Waals surface area (Å²) in [4.78, 5) is 17.4. The fraction of sp³-hybridized carbons (Fsp3) is 0.385. The van der Waals surface area contributed by atoms with Gasteiger partial charge in [-0.1, -0.05) is 30.1 Å². The van der Waals surface area contributed by atoms with Crippen LogP contribution in [0.1, 0.15) is 13.3 Å². The molecule has 1 aliphatic rings. The molecule has 0 bridgehead atoms. The number of amides is 2. The monoisotopic (exact) mass is 346 g/mol. The number of nitrogens with zero attached hydrogens (tertiary/aromatic N) is 2. The minimum absolute atomic E-state index is 0.0340. The highest BCUT2D eigenvalue weighted by molar-refractivity contribution is 6.41. The molecule has 1 aliphatic heterocycles. The van der Waals surface area contributed by atoms with Gasteiger partial charge in [-0.25, -0.2) is 4.79 Å². The number of ether oxygens (including phenoxy) is 2. The third kappa shape index (κ3) is 3.31. The SMILES string of the molecule is CCCN=C(N)NC(=O)N(C)c1c(Cl)cc2c(c1Cl)OCO2. The van der Waals surface area contributed by atoms with Crippen LogP contribution in [0.15, 0.2) is 11.1 Å². The van der Waals surface area contributed by atoms with Crippen molar-refractivity contribution in [2.45, 2.75) is 13.3 Å². The highest BCUT2D eigenvalue weighted by Crippen LogP contribution is 2.48. The van der Waals surface area contributed by atoms with E-state index in [1.54, 1.807) is 6.07 Å². The number of benzene rings is 1. The number of guanidine groups is 1. The lowest BCUT2D eigenvalue weighted by Crippen LogP contribution is -2.44. The Labute approximate surface area is 138 Å². The number of carbonyl (C=O) groups excluding carboxylic acids is 1. The number of hydrogen-bond donors (Lipinski definition) is 2. The molecule has 1 heterocycles. The van der Waals surface area contributed by atoms with Crippen LogP contribution in [0.2, 0.25) is 10.0 Å². The molecule has 2 amide bonds. The molecule has 0 atom stereocenters. The van der Waals surface area contributed by atoms with Crippen LogP contribution >= 0.6 is 23.2 Å². The maximum Gasteiger partial charge on any atom is 0.328 e. The van der Waals surface area contributed by atoms with Crippen LogP contribution in [0.25, 0.3) is 0 Å². The molecule has 9 heteroatoms. The zero-order chi connectivity index (χ0) is 16.3. The second-order valence-electron chi connectivity index (χ2n) is 4.51. The number of anilines is 1. The predicted octanol–water partition coefficient (Wildman–Crippen LogP) is 2.59. The van der Waals surface area contributed by atoms with Crippen molar-refractivity contribution in [3.8, 4) is 11.5 Å². The van der Waals surface area contributed by atoms with Gasteiger partial charge in [0, 0.05) is 19.7 Å². The van der Waals surface area contributed by atoms with Crippen molar-refractivity contribution in [1.82, 2.24) is 5.32 Å². The quantitative estimate of drug-likeness (QED) is 0.650. The lowest BCUT2D eigenvalue weighted by Gasteiger charge is -2.21. The van der Waals surface area contributed by atoms with Crippen LogP contribution in [0, 0.1) is 0 Å².